The van der Waals surface area contributed by atoms with Crippen LogP contribution in [0, 0.1) is 11.3 Å². The Hall–Kier alpha value is -3.88. The maximum absolute atomic E-state index is 13.9. The molecule has 46 heavy (non-hydrogen) atoms. The molecule has 0 bridgehead atoms. The van der Waals surface area contributed by atoms with Gasteiger partial charge in [-0.2, -0.15) is 0 Å². The number of hydrogen-bond donors (Lipinski definition) is 4. The Kier molecular flexibility index (Phi) is 10.7. The van der Waals surface area contributed by atoms with Crippen LogP contribution in [0.3, 0.4) is 0 Å². The van der Waals surface area contributed by atoms with Crippen molar-refractivity contribution in [3.63, 3.8) is 0 Å². The van der Waals surface area contributed by atoms with E-state index < -0.39 is 0 Å². The average molecular weight is 627 g/mol. The molecule has 0 radical (unpaired) electrons. The van der Waals surface area contributed by atoms with Crippen molar-refractivity contribution in [3.05, 3.63) is 92.7 Å². The molecule has 2 aliphatic carbocycles. The fourth-order valence-corrected chi connectivity index (χ4v) is 7.50. The summed E-state index contributed by atoms with van der Waals surface area (Å²) >= 11 is 0. The Morgan fingerprint density at radius 2 is 1.85 bits per heavy atom. The van der Waals surface area contributed by atoms with E-state index in [0.29, 0.717) is 24.8 Å². The van der Waals surface area contributed by atoms with Crippen molar-refractivity contribution in [2.75, 3.05) is 19.7 Å². The molecule has 1 aromatic carbocycles. The van der Waals surface area contributed by atoms with Crippen molar-refractivity contribution >= 4 is 18.3 Å². The molecule has 1 saturated heterocycles. The van der Waals surface area contributed by atoms with Crippen molar-refractivity contribution in [2.24, 2.45) is 11.3 Å². The van der Waals surface area contributed by atoms with Crippen LogP contribution >= 0.6 is 0 Å². The maximum atomic E-state index is 13.9. The first-order chi connectivity index (χ1) is 22.1. The summed E-state index contributed by atoms with van der Waals surface area (Å²) in [4.78, 5) is 43.0. The SMILES string of the molecule is CC(C)(C)[C@H]1CCc2nc3c(cc2C1)C=C(C(=O)C[C@H](CC[NH+]1CCC[C@H]1CO)c1ccc(-c2ccc(=O)[nH]c2)cc1)C3.O=CO. The number of likely N-dealkylation sites (tertiary alicyclic amines) is 1. The smallest absolute Gasteiger partial charge is 0.290 e. The molecular weight excluding hydrogens is 578 g/mol. The standard InChI is InChI=1S/C37H45N3O3.CH2O2/c1-37(2,3)31-11-12-33-29(19-31)17-28-18-30(20-34(28)39-33)35(42)21-26(14-16-40-15-4-5-32(40)23-41)24-6-8-25(9-7-24)27-10-13-36(43)38-22-27;2-1-3/h6-10,13,17-18,22,26,31-32,41H,4-5,11-12,14-16,19-21,23H2,1-3H3,(H,38,43);1H,(H,2,3)/p+1/t26-,31-,32-;/m0./s1. The Bertz CT molecular complexity index is 1600. The minimum atomic E-state index is -0.250. The van der Waals surface area contributed by atoms with Gasteiger partial charge in [0.05, 0.1) is 25.4 Å². The first-order valence-corrected chi connectivity index (χ1v) is 16.7. The lowest BCUT2D eigenvalue weighted by Crippen LogP contribution is -3.14. The topological polar surface area (TPSA) is 125 Å². The third-order valence-corrected chi connectivity index (χ3v) is 10.4. The molecule has 1 fully saturated rings. The van der Waals surface area contributed by atoms with Gasteiger partial charge in [-0.15, -0.1) is 0 Å². The molecule has 3 aliphatic rings. The molecule has 6 rings (SSSR count). The zero-order chi connectivity index (χ0) is 32.8. The lowest BCUT2D eigenvalue weighted by atomic mass is 9.71. The summed E-state index contributed by atoms with van der Waals surface area (Å²) in [6.07, 6.45) is 11.3. The molecule has 244 valence electrons. The number of carboxylic acid groups (broad SMARTS) is 1. The number of pyridine rings is 2. The van der Waals surface area contributed by atoms with Crippen LogP contribution in [0.5, 0.6) is 0 Å². The van der Waals surface area contributed by atoms with E-state index in [-0.39, 0.29) is 35.8 Å². The second-order valence-electron chi connectivity index (χ2n) is 14.2. The van der Waals surface area contributed by atoms with Crippen LogP contribution in [0.4, 0.5) is 0 Å². The van der Waals surface area contributed by atoms with E-state index in [2.05, 4.69) is 62.2 Å². The number of aromatic amines is 1. The highest BCUT2D eigenvalue weighted by Crippen LogP contribution is 2.39. The number of aromatic nitrogens is 2. The molecule has 4 N–H and O–H groups in total. The summed E-state index contributed by atoms with van der Waals surface area (Å²) < 4.78 is 0. The second kappa shape index (κ2) is 14.7. The number of hydrogen-bond acceptors (Lipinski definition) is 5. The highest BCUT2D eigenvalue weighted by molar-refractivity contribution is 6.02. The number of fused-ring (bicyclic) bond motifs is 2. The van der Waals surface area contributed by atoms with E-state index in [1.54, 1.807) is 12.3 Å². The van der Waals surface area contributed by atoms with Gasteiger partial charge in [0.2, 0.25) is 5.56 Å². The quantitative estimate of drug-likeness (QED) is 0.261. The number of allylic oxidation sites excluding steroid dienone is 1. The summed E-state index contributed by atoms with van der Waals surface area (Å²) in [6, 6.07) is 14.5. The van der Waals surface area contributed by atoms with Gasteiger partial charge < -0.3 is 20.1 Å². The number of ketones is 1. The van der Waals surface area contributed by atoms with Gasteiger partial charge in [-0.25, -0.2) is 0 Å². The van der Waals surface area contributed by atoms with Gasteiger partial charge in [0.1, 0.15) is 6.04 Å². The van der Waals surface area contributed by atoms with Crippen LogP contribution in [0.15, 0.2) is 59.0 Å². The third-order valence-electron chi connectivity index (χ3n) is 10.4. The zero-order valence-electron chi connectivity index (χ0n) is 27.4. The summed E-state index contributed by atoms with van der Waals surface area (Å²) in [5, 5.41) is 16.8. The second-order valence-corrected chi connectivity index (χ2v) is 14.2. The van der Waals surface area contributed by atoms with Crippen LogP contribution in [-0.2, 0) is 28.9 Å². The maximum Gasteiger partial charge on any atom is 0.290 e. The number of carbonyl (C=O) groups is 2. The number of nitrogens with zero attached hydrogens (tertiary/aromatic N) is 1. The summed E-state index contributed by atoms with van der Waals surface area (Å²) in [5.41, 5.74) is 9.00. The normalized spacial score (nSPS) is 21.0. The molecule has 8 heteroatoms. The number of quaternary nitrogens is 1. The number of aliphatic hydroxyl groups excluding tert-OH is 1. The van der Waals surface area contributed by atoms with E-state index in [9.17, 15) is 14.7 Å². The van der Waals surface area contributed by atoms with Crippen LogP contribution < -0.4 is 10.5 Å². The predicted octanol–water partition coefficient (Wildman–Crippen LogP) is 4.40. The summed E-state index contributed by atoms with van der Waals surface area (Å²) in [6.45, 7) is 9.03. The zero-order valence-corrected chi connectivity index (χ0v) is 27.4. The van der Waals surface area contributed by atoms with E-state index in [4.69, 9.17) is 14.9 Å². The van der Waals surface area contributed by atoms with Gasteiger partial charge in [-0.1, -0.05) is 45.0 Å². The Morgan fingerprint density at radius 3 is 2.52 bits per heavy atom. The average Bonchev–Trinajstić information content (AvgIpc) is 3.68. The molecule has 1 unspecified atom stereocenters. The predicted molar refractivity (Wildman–Crippen MR) is 180 cm³/mol. The number of benzene rings is 1. The first-order valence-electron chi connectivity index (χ1n) is 16.7. The Morgan fingerprint density at radius 1 is 1.11 bits per heavy atom. The van der Waals surface area contributed by atoms with Gasteiger partial charge in [0.15, 0.2) is 5.78 Å². The molecule has 0 amide bonds. The summed E-state index contributed by atoms with van der Waals surface area (Å²) in [5.74, 6) is 0.974. The van der Waals surface area contributed by atoms with Crippen LogP contribution in [0.2, 0.25) is 0 Å². The van der Waals surface area contributed by atoms with Crippen molar-refractivity contribution in [2.45, 2.75) is 84.1 Å². The van der Waals surface area contributed by atoms with Crippen molar-refractivity contribution in [1.29, 1.82) is 0 Å². The molecule has 0 spiro atoms. The fourth-order valence-electron chi connectivity index (χ4n) is 7.50. The van der Waals surface area contributed by atoms with E-state index >= 15 is 0 Å². The molecule has 0 saturated carbocycles. The molecule has 3 aromatic rings. The minimum Gasteiger partial charge on any atom is -0.483 e. The van der Waals surface area contributed by atoms with Gasteiger partial charge in [0, 0.05) is 55.6 Å². The van der Waals surface area contributed by atoms with Gasteiger partial charge >= 0.3 is 0 Å². The number of H-pyrrole nitrogens is 1. The number of aliphatic hydroxyl groups is 1. The van der Waals surface area contributed by atoms with E-state index in [0.717, 1.165) is 73.2 Å². The molecule has 2 aromatic heterocycles. The van der Waals surface area contributed by atoms with Gasteiger partial charge in [-0.3, -0.25) is 19.4 Å². The highest BCUT2D eigenvalue weighted by Gasteiger charge is 2.32. The lowest BCUT2D eigenvalue weighted by molar-refractivity contribution is -0.913. The number of rotatable bonds is 9. The van der Waals surface area contributed by atoms with Crippen molar-refractivity contribution in [3.8, 4) is 11.1 Å². The van der Waals surface area contributed by atoms with Gasteiger partial charge in [0.25, 0.3) is 6.47 Å². The number of nitrogens with one attached hydrogen (secondary N) is 2. The monoisotopic (exact) mass is 626 g/mol. The van der Waals surface area contributed by atoms with Crippen LogP contribution in [0.1, 0.15) is 86.9 Å². The molecule has 4 atom stereocenters. The number of Topliss-reactive ketones (excluding diaryl/α,β-unsaturated/α-hetero) is 1. The van der Waals surface area contributed by atoms with Crippen LogP contribution in [-0.4, -0.2) is 58.2 Å². The van der Waals surface area contributed by atoms with Crippen molar-refractivity contribution in [1.82, 2.24) is 9.97 Å². The van der Waals surface area contributed by atoms with E-state index in [1.165, 1.54) is 28.1 Å². The minimum absolute atomic E-state index is 0.0999. The van der Waals surface area contributed by atoms with Crippen LogP contribution in [0.25, 0.3) is 17.2 Å². The largest absolute Gasteiger partial charge is 0.483 e. The molecule has 1 aliphatic heterocycles. The molecule has 8 nitrogen and oxygen atoms in total. The van der Waals surface area contributed by atoms with Gasteiger partial charge in [-0.05, 0) is 82.5 Å². The number of aryl methyl sites for hydroxylation is 1. The first kappa shape index (κ1) is 33.5. The molecular formula is C38H48N3O5+. The van der Waals surface area contributed by atoms with E-state index in [1.807, 2.05) is 6.07 Å². The third kappa shape index (κ3) is 7.91. The fraction of sp³-hybridized carbons (Fsp3) is 0.474. The lowest BCUT2D eigenvalue weighted by Gasteiger charge is -2.34. The van der Waals surface area contributed by atoms with Crippen molar-refractivity contribution < 1.29 is 24.7 Å². The Balaban J connectivity index is 0.00000134. The highest BCUT2D eigenvalue weighted by atomic mass is 16.3. The number of carbonyl (C=O) groups excluding carboxylic acids is 1. The Labute approximate surface area is 271 Å². The molecule has 3 heterocycles. The summed E-state index contributed by atoms with van der Waals surface area (Å²) in [7, 11) is 0.